The summed E-state index contributed by atoms with van der Waals surface area (Å²) in [4.78, 5) is 29.4. The van der Waals surface area contributed by atoms with Gasteiger partial charge in [-0.2, -0.15) is 0 Å². The minimum Gasteiger partial charge on any atom is -0.469 e. The number of amides is 2. The van der Waals surface area contributed by atoms with Crippen molar-refractivity contribution in [1.82, 2.24) is 9.88 Å². The van der Waals surface area contributed by atoms with Gasteiger partial charge in [-0.3, -0.25) is 19.3 Å². The van der Waals surface area contributed by atoms with Crippen LogP contribution in [0.5, 0.6) is 5.88 Å². The number of sulfonamides is 1. The second-order valence-corrected chi connectivity index (χ2v) is 11.4. The molecule has 2 atom stereocenters. The average Bonchev–Trinajstić information content (AvgIpc) is 3.09. The fraction of sp³-hybridized carbons (Fsp3) is 0.409. The van der Waals surface area contributed by atoms with Gasteiger partial charge in [0.05, 0.1) is 29.9 Å². The van der Waals surface area contributed by atoms with E-state index in [0.717, 1.165) is 9.21 Å². The van der Waals surface area contributed by atoms with Crippen LogP contribution in [0.2, 0.25) is 5.02 Å². The number of nitrogens with one attached hydrogen (secondary N) is 1. The molecule has 2 amide bonds. The van der Waals surface area contributed by atoms with Gasteiger partial charge in [0.15, 0.2) is 0 Å². The number of carbonyl (C=O) groups excluding carboxylic acids is 2. The number of ether oxygens (including phenoxy) is 3. The van der Waals surface area contributed by atoms with Crippen LogP contribution in [0.15, 0.2) is 41.4 Å². The second-order valence-electron chi connectivity index (χ2n) is 9.09. The summed E-state index contributed by atoms with van der Waals surface area (Å²) in [7, 11) is -4.18. The molecule has 14 heteroatoms. The van der Waals surface area contributed by atoms with Crippen LogP contribution in [0.1, 0.15) is 20.8 Å². The molecule has 1 aromatic carbocycles. The Morgan fingerprint density at radius 2 is 2.08 bits per heavy atom. The van der Waals surface area contributed by atoms with E-state index in [0.29, 0.717) is 0 Å². The minimum atomic E-state index is -4.18. The van der Waals surface area contributed by atoms with Gasteiger partial charge in [0.1, 0.15) is 24.0 Å². The third-order valence-corrected chi connectivity index (χ3v) is 7.13. The van der Waals surface area contributed by atoms with E-state index in [-0.39, 0.29) is 46.9 Å². The van der Waals surface area contributed by atoms with Crippen molar-refractivity contribution in [3.63, 3.8) is 0 Å². The van der Waals surface area contributed by atoms with Crippen molar-refractivity contribution in [2.24, 2.45) is 0 Å². The molecule has 2 aromatic rings. The van der Waals surface area contributed by atoms with Crippen molar-refractivity contribution in [2.45, 2.75) is 43.8 Å². The largest absolute Gasteiger partial charge is 0.469 e. The molecule has 3 heterocycles. The lowest BCUT2D eigenvalue weighted by Gasteiger charge is -2.36. The first-order valence-electron chi connectivity index (χ1n) is 10.9. The van der Waals surface area contributed by atoms with Crippen molar-refractivity contribution >= 4 is 45.0 Å². The number of halogens is 1. The fourth-order valence-corrected chi connectivity index (χ4v) is 5.40. The van der Waals surface area contributed by atoms with Crippen molar-refractivity contribution in [1.29, 1.82) is 0 Å². The van der Waals surface area contributed by atoms with Crippen molar-refractivity contribution in [2.75, 3.05) is 29.3 Å². The van der Waals surface area contributed by atoms with Gasteiger partial charge in [0.25, 0.3) is 15.9 Å². The quantitative estimate of drug-likeness (QED) is 0.582. The third-order valence-electron chi connectivity index (χ3n) is 5.12. The highest BCUT2D eigenvalue weighted by Gasteiger charge is 2.39. The molecule has 4 rings (SSSR count). The lowest BCUT2D eigenvalue weighted by atomic mass is 10.2. The minimum absolute atomic E-state index is 0.0476. The second kappa shape index (κ2) is 9.73. The van der Waals surface area contributed by atoms with E-state index in [1.54, 1.807) is 26.8 Å². The molecule has 0 bridgehead atoms. The summed E-state index contributed by atoms with van der Waals surface area (Å²) in [6.45, 7) is 4.44. The van der Waals surface area contributed by atoms with Crippen LogP contribution in [-0.2, 0) is 24.3 Å². The lowest BCUT2D eigenvalue weighted by molar-refractivity contribution is -0.151. The summed E-state index contributed by atoms with van der Waals surface area (Å²) in [5, 5.41) is 12.7. The molecule has 194 valence electrons. The van der Waals surface area contributed by atoms with E-state index < -0.39 is 40.1 Å². The van der Waals surface area contributed by atoms with Crippen molar-refractivity contribution < 1.29 is 37.3 Å². The molecule has 1 unspecified atom stereocenters. The zero-order valence-corrected chi connectivity index (χ0v) is 21.2. The zero-order valence-electron chi connectivity index (χ0n) is 19.7. The Morgan fingerprint density at radius 3 is 2.72 bits per heavy atom. The average molecular weight is 541 g/mol. The molecule has 1 saturated heterocycles. The normalized spacial score (nSPS) is 20.1. The predicted octanol–water partition coefficient (Wildman–Crippen LogP) is 2.17. The number of pyridine rings is 1. The van der Waals surface area contributed by atoms with Crippen LogP contribution >= 0.6 is 11.6 Å². The molecule has 1 fully saturated rings. The number of nitrogens with zero attached hydrogens (tertiary/aromatic N) is 3. The van der Waals surface area contributed by atoms with Crippen molar-refractivity contribution in [3.05, 3.63) is 41.6 Å². The van der Waals surface area contributed by atoms with Gasteiger partial charge < -0.3 is 19.3 Å². The van der Waals surface area contributed by atoms with Gasteiger partial charge >= 0.3 is 6.09 Å². The Balaban J connectivity index is 1.69. The van der Waals surface area contributed by atoms with E-state index in [1.165, 1.54) is 30.5 Å². The van der Waals surface area contributed by atoms with Crippen LogP contribution in [0, 0.1) is 0 Å². The number of aliphatic hydroxyl groups excluding tert-OH is 1. The van der Waals surface area contributed by atoms with Crippen LogP contribution in [0.4, 0.5) is 16.2 Å². The Labute approximate surface area is 212 Å². The number of aromatic nitrogens is 1. The van der Waals surface area contributed by atoms with Gasteiger partial charge in [-0.15, -0.1) is 0 Å². The fourth-order valence-electron chi connectivity index (χ4n) is 3.61. The SMILES string of the molecule is CC(C)(C)OC(=O)Nc1cnc2c(c1)N(S(=O)(=O)c1cccc(Cl)c1)C[C@H](CN1C(=O)COC1O)O2. The van der Waals surface area contributed by atoms with Crippen LogP contribution in [-0.4, -0.2) is 73.2 Å². The van der Waals surface area contributed by atoms with Gasteiger partial charge in [-0.25, -0.2) is 18.2 Å². The number of hydrogen-bond acceptors (Lipinski definition) is 9. The Kier molecular flexibility index (Phi) is 7.01. The zero-order chi connectivity index (χ0) is 26.3. The van der Waals surface area contributed by atoms with Gasteiger partial charge in [-0.05, 0) is 45.0 Å². The first-order chi connectivity index (χ1) is 16.8. The maximum absolute atomic E-state index is 13.7. The molecule has 0 radical (unpaired) electrons. The molecule has 36 heavy (non-hydrogen) atoms. The van der Waals surface area contributed by atoms with E-state index in [2.05, 4.69) is 10.3 Å². The summed E-state index contributed by atoms with van der Waals surface area (Å²) in [6, 6.07) is 7.14. The summed E-state index contributed by atoms with van der Waals surface area (Å²) < 4.78 is 44.4. The van der Waals surface area contributed by atoms with Crippen molar-refractivity contribution in [3.8, 4) is 5.88 Å². The Hall–Kier alpha value is -3.13. The molecule has 2 aliphatic heterocycles. The van der Waals surface area contributed by atoms with Crippen LogP contribution < -0.4 is 14.4 Å². The first-order valence-corrected chi connectivity index (χ1v) is 12.7. The molecule has 0 spiro atoms. The maximum Gasteiger partial charge on any atom is 0.412 e. The summed E-state index contributed by atoms with van der Waals surface area (Å²) in [5.74, 6) is -0.514. The maximum atomic E-state index is 13.7. The summed E-state index contributed by atoms with van der Waals surface area (Å²) in [5.41, 5.74) is -0.509. The Morgan fingerprint density at radius 1 is 1.33 bits per heavy atom. The van der Waals surface area contributed by atoms with E-state index in [4.69, 9.17) is 25.8 Å². The number of fused-ring (bicyclic) bond motifs is 1. The predicted molar refractivity (Wildman–Crippen MR) is 128 cm³/mol. The summed E-state index contributed by atoms with van der Waals surface area (Å²) in [6.07, 6.45) is -1.81. The van der Waals surface area contributed by atoms with E-state index in [9.17, 15) is 23.1 Å². The number of aliphatic hydroxyl groups is 1. The highest BCUT2D eigenvalue weighted by molar-refractivity contribution is 7.92. The molecule has 2 aliphatic rings. The van der Waals surface area contributed by atoms with Crippen LogP contribution in [0.25, 0.3) is 0 Å². The standard InChI is InChI=1S/C22H25ClN4O8S/c1-22(2,3)35-20(29)25-14-8-17-19(24-9-14)34-15(10-26-18(28)12-33-21(26)30)11-27(17)36(31,32)16-6-4-5-13(23)7-16/h4-9,15,21,30H,10-12H2,1-3H3,(H,25,29)/t15-,21?/m0/s1. The molecule has 0 saturated carbocycles. The number of carbonyl (C=O) groups is 2. The van der Waals surface area contributed by atoms with Gasteiger partial charge in [0.2, 0.25) is 12.3 Å². The number of hydrogen-bond donors (Lipinski definition) is 2. The highest BCUT2D eigenvalue weighted by Crippen LogP contribution is 2.38. The number of anilines is 2. The third kappa shape index (κ3) is 5.64. The Bertz CT molecular complexity index is 1280. The molecular formula is C22H25ClN4O8S. The smallest absolute Gasteiger partial charge is 0.412 e. The topological polar surface area (TPSA) is 148 Å². The number of benzene rings is 1. The van der Waals surface area contributed by atoms with E-state index >= 15 is 0 Å². The van der Waals surface area contributed by atoms with Gasteiger partial charge in [0, 0.05) is 5.02 Å². The van der Waals surface area contributed by atoms with E-state index in [1.807, 2.05) is 0 Å². The van der Waals surface area contributed by atoms with Crippen LogP contribution in [0.3, 0.4) is 0 Å². The molecule has 1 aromatic heterocycles. The number of rotatable bonds is 5. The lowest BCUT2D eigenvalue weighted by Crippen LogP contribution is -2.50. The molecule has 12 nitrogen and oxygen atoms in total. The first kappa shape index (κ1) is 25.9. The molecule has 2 N–H and O–H groups in total. The molecular weight excluding hydrogens is 516 g/mol. The monoisotopic (exact) mass is 540 g/mol. The summed E-state index contributed by atoms with van der Waals surface area (Å²) >= 11 is 6.03. The molecule has 0 aliphatic carbocycles. The highest BCUT2D eigenvalue weighted by atomic mass is 35.5. The van der Waals surface area contributed by atoms with Gasteiger partial charge in [-0.1, -0.05) is 17.7 Å².